The summed E-state index contributed by atoms with van der Waals surface area (Å²) in [5, 5.41) is 0. The molecule has 8 heteroatoms. The van der Waals surface area contributed by atoms with Crippen LogP contribution in [-0.4, -0.2) is 24.9 Å². The van der Waals surface area contributed by atoms with Crippen LogP contribution in [0.5, 0.6) is 23.0 Å². The number of carbonyl (C=O) groups is 4. The van der Waals surface area contributed by atoms with Crippen molar-refractivity contribution in [3.63, 3.8) is 0 Å². The number of hydrogen-bond donors (Lipinski definition) is 0. The second-order valence-electron chi connectivity index (χ2n) is 3.80. The summed E-state index contributed by atoms with van der Waals surface area (Å²) in [4.78, 5) is 44.0. The van der Waals surface area contributed by atoms with Gasteiger partial charge in [-0.25, -0.2) is 0 Å². The average molecular weight is 310 g/mol. The van der Waals surface area contributed by atoms with Crippen molar-refractivity contribution in [3.05, 3.63) is 12.1 Å². The van der Waals surface area contributed by atoms with Crippen molar-refractivity contribution in [2.45, 2.75) is 26.7 Å². The zero-order valence-corrected chi connectivity index (χ0v) is 12.0. The third-order valence-corrected chi connectivity index (χ3v) is 2.40. The lowest BCUT2D eigenvalue weighted by atomic mass is 10.2. The Bertz CT molecular complexity index is 578. The predicted octanol–water partition coefficient (Wildman–Crippen LogP) is 1.39. The van der Waals surface area contributed by atoms with Crippen LogP contribution < -0.4 is 18.9 Å². The minimum atomic E-state index is -0.659. The van der Waals surface area contributed by atoms with E-state index in [1.54, 1.807) is 13.8 Å². The molecule has 0 atom stereocenters. The average Bonchev–Trinajstić information content (AvgIpc) is 2.52. The predicted molar refractivity (Wildman–Crippen MR) is 71.7 cm³/mol. The van der Waals surface area contributed by atoms with Crippen LogP contribution in [0.25, 0.3) is 0 Å². The van der Waals surface area contributed by atoms with Gasteiger partial charge in [-0.2, -0.15) is 0 Å². The van der Waals surface area contributed by atoms with Crippen LogP contribution in [0.15, 0.2) is 12.1 Å². The van der Waals surface area contributed by atoms with Gasteiger partial charge in [-0.15, -0.1) is 0 Å². The highest BCUT2D eigenvalue weighted by Crippen LogP contribution is 2.44. The van der Waals surface area contributed by atoms with E-state index >= 15 is 0 Å². The Balaban J connectivity index is 3.38. The van der Waals surface area contributed by atoms with E-state index in [4.69, 9.17) is 9.47 Å². The number of benzene rings is 1. The number of esters is 2. The molecule has 0 aliphatic heterocycles. The molecule has 0 bridgehead atoms. The summed E-state index contributed by atoms with van der Waals surface area (Å²) in [7, 11) is 0. The molecule has 0 amide bonds. The first-order valence-corrected chi connectivity index (χ1v) is 6.36. The molecule has 0 N–H and O–H groups in total. The number of hydrogen-bond acceptors (Lipinski definition) is 8. The van der Waals surface area contributed by atoms with Crippen molar-refractivity contribution in [2.24, 2.45) is 0 Å². The second kappa shape index (κ2) is 8.40. The SMILES string of the molecule is CCC(=O)Oc1ccc(OC=O)c(OC=O)c1OC(=O)CC. The first-order valence-electron chi connectivity index (χ1n) is 6.36. The van der Waals surface area contributed by atoms with E-state index in [0.717, 1.165) is 0 Å². The van der Waals surface area contributed by atoms with Crippen LogP contribution in [0.4, 0.5) is 0 Å². The van der Waals surface area contributed by atoms with Gasteiger partial charge < -0.3 is 18.9 Å². The van der Waals surface area contributed by atoms with Crippen LogP contribution in [0.3, 0.4) is 0 Å². The number of ether oxygens (including phenoxy) is 4. The Hall–Kier alpha value is -2.90. The molecule has 0 aliphatic rings. The molecule has 0 aromatic heterocycles. The van der Waals surface area contributed by atoms with Gasteiger partial charge in [0.15, 0.2) is 11.5 Å². The van der Waals surface area contributed by atoms with Crippen LogP contribution in [-0.2, 0) is 19.2 Å². The molecule has 8 nitrogen and oxygen atoms in total. The van der Waals surface area contributed by atoms with Gasteiger partial charge in [-0.3, -0.25) is 19.2 Å². The zero-order valence-electron chi connectivity index (χ0n) is 12.0. The summed E-state index contributed by atoms with van der Waals surface area (Å²) in [6.07, 6.45) is 0.109. The van der Waals surface area contributed by atoms with Gasteiger partial charge >= 0.3 is 11.9 Å². The largest absolute Gasteiger partial charge is 0.425 e. The van der Waals surface area contributed by atoms with Gasteiger partial charge in [-0.05, 0) is 12.1 Å². The lowest BCUT2D eigenvalue weighted by molar-refractivity contribution is -0.137. The molecule has 22 heavy (non-hydrogen) atoms. The van der Waals surface area contributed by atoms with Gasteiger partial charge in [-0.1, -0.05) is 13.8 Å². The Labute approximate surface area is 125 Å². The summed E-state index contributed by atoms with van der Waals surface area (Å²) in [5.41, 5.74) is 0. The summed E-state index contributed by atoms with van der Waals surface area (Å²) >= 11 is 0. The highest BCUT2D eigenvalue weighted by Gasteiger charge is 2.23. The fraction of sp³-hybridized carbons (Fsp3) is 0.286. The molecule has 0 fully saturated rings. The van der Waals surface area contributed by atoms with E-state index in [1.165, 1.54) is 12.1 Å². The van der Waals surface area contributed by atoms with Crippen LogP contribution in [0.1, 0.15) is 26.7 Å². The molecular formula is C14H14O8. The maximum absolute atomic E-state index is 11.5. The van der Waals surface area contributed by atoms with Crippen LogP contribution >= 0.6 is 0 Å². The molecule has 0 spiro atoms. The second-order valence-corrected chi connectivity index (χ2v) is 3.80. The molecule has 1 aromatic carbocycles. The van der Waals surface area contributed by atoms with E-state index in [9.17, 15) is 19.2 Å². The highest BCUT2D eigenvalue weighted by atomic mass is 16.6. The molecule has 0 unspecified atom stereocenters. The quantitative estimate of drug-likeness (QED) is 0.403. The van der Waals surface area contributed by atoms with Crippen LogP contribution in [0.2, 0.25) is 0 Å². The maximum atomic E-state index is 11.5. The topological polar surface area (TPSA) is 105 Å². The Morgan fingerprint density at radius 1 is 0.864 bits per heavy atom. The van der Waals surface area contributed by atoms with Crippen molar-refractivity contribution >= 4 is 24.9 Å². The summed E-state index contributed by atoms with van der Waals surface area (Å²) < 4.78 is 19.3. The molecule has 0 radical (unpaired) electrons. The summed E-state index contributed by atoms with van der Waals surface area (Å²) in [6, 6.07) is 2.48. The van der Waals surface area contributed by atoms with Gasteiger partial charge in [0.2, 0.25) is 11.5 Å². The minimum absolute atomic E-state index is 0.0282. The zero-order chi connectivity index (χ0) is 16.5. The van der Waals surface area contributed by atoms with Crippen molar-refractivity contribution in [2.75, 3.05) is 0 Å². The molecule has 0 saturated carbocycles. The van der Waals surface area contributed by atoms with Gasteiger partial charge in [0.1, 0.15) is 0 Å². The summed E-state index contributed by atoms with van der Waals surface area (Å²) in [6.45, 7) is 3.29. The van der Waals surface area contributed by atoms with Crippen LogP contribution in [0, 0.1) is 0 Å². The van der Waals surface area contributed by atoms with Crippen molar-refractivity contribution < 1.29 is 38.1 Å². The third kappa shape index (κ3) is 4.30. The van der Waals surface area contributed by atoms with Gasteiger partial charge in [0, 0.05) is 12.8 Å². The van der Waals surface area contributed by atoms with Crippen molar-refractivity contribution in [1.29, 1.82) is 0 Å². The Kier molecular flexibility index (Phi) is 6.55. The standard InChI is InChI=1S/C14H14O8/c1-3-11(17)21-10-6-5-9(19-7-15)13(20-8-16)14(10)22-12(18)4-2/h5-8H,3-4H2,1-2H3. The monoisotopic (exact) mass is 310 g/mol. The van der Waals surface area contributed by atoms with E-state index in [1.807, 2.05) is 0 Å². The normalized spacial score (nSPS) is 9.55. The van der Waals surface area contributed by atoms with E-state index in [2.05, 4.69) is 9.47 Å². The highest BCUT2D eigenvalue weighted by molar-refractivity contribution is 5.79. The number of carbonyl (C=O) groups excluding carboxylic acids is 4. The van der Waals surface area contributed by atoms with E-state index in [0.29, 0.717) is 0 Å². The van der Waals surface area contributed by atoms with Crippen molar-refractivity contribution in [3.8, 4) is 23.0 Å². The summed E-state index contributed by atoms with van der Waals surface area (Å²) in [5.74, 6) is -2.21. The number of rotatable bonds is 8. The molecule has 1 aromatic rings. The molecule has 1 rings (SSSR count). The maximum Gasteiger partial charge on any atom is 0.311 e. The molecule has 0 saturated heterocycles. The third-order valence-electron chi connectivity index (χ3n) is 2.40. The lowest BCUT2D eigenvalue weighted by Crippen LogP contribution is -2.12. The first-order chi connectivity index (χ1) is 10.6. The minimum Gasteiger partial charge on any atom is -0.425 e. The van der Waals surface area contributed by atoms with Gasteiger partial charge in [0.25, 0.3) is 12.9 Å². The fourth-order valence-electron chi connectivity index (χ4n) is 1.39. The fourth-order valence-corrected chi connectivity index (χ4v) is 1.39. The van der Waals surface area contributed by atoms with E-state index in [-0.39, 0.29) is 48.8 Å². The molecule has 0 heterocycles. The van der Waals surface area contributed by atoms with Gasteiger partial charge in [0.05, 0.1) is 0 Å². The lowest BCUT2D eigenvalue weighted by Gasteiger charge is -2.14. The Morgan fingerprint density at radius 3 is 1.95 bits per heavy atom. The van der Waals surface area contributed by atoms with E-state index < -0.39 is 11.9 Å². The molecule has 0 aliphatic carbocycles. The first kappa shape index (κ1) is 17.2. The van der Waals surface area contributed by atoms with Crippen molar-refractivity contribution in [1.82, 2.24) is 0 Å². The molecule has 118 valence electrons. The smallest absolute Gasteiger partial charge is 0.311 e. The molecular weight excluding hydrogens is 296 g/mol. The Morgan fingerprint density at radius 2 is 1.41 bits per heavy atom.